The monoisotopic (exact) mass is 249 g/mol. The van der Waals surface area contributed by atoms with Gasteiger partial charge in [-0.25, -0.2) is 0 Å². The van der Waals surface area contributed by atoms with Gasteiger partial charge in [-0.3, -0.25) is 10.1 Å². The topological polar surface area (TPSA) is 47.6 Å². The molecule has 1 aliphatic rings. The summed E-state index contributed by atoms with van der Waals surface area (Å²) >= 11 is 0. The molecular weight excluding hydrogens is 230 g/mol. The normalized spacial score (nSPS) is 20.6. The molecule has 0 bridgehead atoms. The first kappa shape index (κ1) is 13.1. The van der Waals surface area contributed by atoms with Crippen LogP contribution in [-0.4, -0.2) is 32.3 Å². The van der Waals surface area contributed by atoms with Gasteiger partial charge in [0.15, 0.2) is 0 Å². The zero-order valence-electron chi connectivity index (χ0n) is 10.6. The van der Waals surface area contributed by atoms with Crippen molar-refractivity contribution in [3.8, 4) is 0 Å². The van der Waals surface area contributed by atoms with Crippen LogP contribution in [-0.2, 0) is 20.8 Å². The average Bonchev–Trinajstić information content (AvgIpc) is 2.94. The maximum atomic E-state index is 11.8. The van der Waals surface area contributed by atoms with Crippen LogP contribution in [0.15, 0.2) is 30.3 Å². The molecule has 18 heavy (non-hydrogen) atoms. The molecule has 1 N–H and O–H groups in total. The van der Waals surface area contributed by atoms with Crippen molar-refractivity contribution in [1.82, 2.24) is 5.32 Å². The molecule has 1 aromatic carbocycles. The molecule has 2 rings (SSSR count). The molecule has 1 aliphatic heterocycles. The van der Waals surface area contributed by atoms with Gasteiger partial charge in [0.05, 0.1) is 13.7 Å². The zero-order chi connectivity index (χ0) is 12.8. The number of benzene rings is 1. The van der Waals surface area contributed by atoms with E-state index in [1.165, 1.54) is 7.11 Å². The Hall–Kier alpha value is -1.39. The summed E-state index contributed by atoms with van der Waals surface area (Å²) in [5.41, 5.74) is 1.16. The minimum atomic E-state index is -0.280. The zero-order valence-corrected chi connectivity index (χ0v) is 10.6. The van der Waals surface area contributed by atoms with E-state index in [9.17, 15) is 4.79 Å². The Bertz CT molecular complexity index is 374. The molecule has 1 aromatic rings. The van der Waals surface area contributed by atoms with E-state index < -0.39 is 0 Å². The van der Waals surface area contributed by atoms with Crippen LogP contribution in [0.25, 0.3) is 0 Å². The van der Waals surface area contributed by atoms with Crippen LogP contribution in [0.1, 0.15) is 12.0 Å². The molecule has 4 heteroatoms. The Morgan fingerprint density at radius 1 is 1.50 bits per heavy atom. The number of hydrogen-bond acceptors (Lipinski definition) is 4. The summed E-state index contributed by atoms with van der Waals surface area (Å²) in [6, 6.07) is 9.74. The van der Waals surface area contributed by atoms with Crippen LogP contribution < -0.4 is 5.32 Å². The number of rotatable bonds is 5. The maximum Gasteiger partial charge on any atom is 0.323 e. The van der Waals surface area contributed by atoms with Gasteiger partial charge in [0, 0.05) is 19.1 Å². The lowest BCUT2D eigenvalue weighted by atomic mass is 9.99. The van der Waals surface area contributed by atoms with Crippen LogP contribution >= 0.6 is 0 Å². The van der Waals surface area contributed by atoms with Crippen molar-refractivity contribution in [2.45, 2.75) is 19.0 Å². The van der Waals surface area contributed by atoms with Crippen LogP contribution in [0.3, 0.4) is 0 Å². The number of carbonyl (C=O) groups excluding carboxylic acids is 1. The summed E-state index contributed by atoms with van der Waals surface area (Å²) in [5, 5.41) is 3.27. The van der Waals surface area contributed by atoms with Gasteiger partial charge in [-0.1, -0.05) is 30.3 Å². The SMILES string of the molecule is COC(=O)C(NCc1ccccc1)C1CCOC1. The highest BCUT2D eigenvalue weighted by molar-refractivity contribution is 5.76. The fourth-order valence-electron chi connectivity index (χ4n) is 2.21. The van der Waals surface area contributed by atoms with Gasteiger partial charge in [0.1, 0.15) is 6.04 Å². The molecule has 0 saturated carbocycles. The Labute approximate surface area is 107 Å². The highest BCUT2D eigenvalue weighted by Gasteiger charge is 2.31. The fraction of sp³-hybridized carbons (Fsp3) is 0.500. The van der Waals surface area contributed by atoms with E-state index in [4.69, 9.17) is 9.47 Å². The van der Waals surface area contributed by atoms with Crippen LogP contribution in [0.2, 0.25) is 0 Å². The number of carbonyl (C=O) groups is 1. The van der Waals surface area contributed by atoms with Crippen molar-refractivity contribution in [3.05, 3.63) is 35.9 Å². The molecule has 0 aromatic heterocycles. The second-order valence-electron chi connectivity index (χ2n) is 4.49. The van der Waals surface area contributed by atoms with Crippen molar-refractivity contribution < 1.29 is 14.3 Å². The predicted octanol–water partition coefficient (Wildman–Crippen LogP) is 1.35. The third-order valence-electron chi connectivity index (χ3n) is 3.26. The van der Waals surface area contributed by atoms with Crippen molar-refractivity contribution in [3.63, 3.8) is 0 Å². The minimum Gasteiger partial charge on any atom is -0.468 e. The number of ether oxygens (including phenoxy) is 2. The van der Waals surface area contributed by atoms with Gasteiger partial charge in [-0.15, -0.1) is 0 Å². The quantitative estimate of drug-likeness (QED) is 0.800. The van der Waals surface area contributed by atoms with Crippen LogP contribution in [0.5, 0.6) is 0 Å². The summed E-state index contributed by atoms with van der Waals surface area (Å²) in [6.07, 6.45) is 0.904. The van der Waals surface area contributed by atoms with Crippen LogP contribution in [0, 0.1) is 5.92 Å². The summed E-state index contributed by atoms with van der Waals surface area (Å²) in [5.74, 6) is 0.00240. The first-order chi connectivity index (χ1) is 8.81. The van der Waals surface area contributed by atoms with Crippen molar-refractivity contribution in [2.24, 2.45) is 5.92 Å². The Balaban J connectivity index is 1.94. The number of methoxy groups -OCH3 is 1. The molecule has 4 nitrogen and oxygen atoms in total. The molecular formula is C14H19NO3. The van der Waals surface area contributed by atoms with E-state index in [-0.39, 0.29) is 17.9 Å². The van der Waals surface area contributed by atoms with Gasteiger partial charge in [-0.05, 0) is 12.0 Å². The third kappa shape index (κ3) is 3.31. The van der Waals surface area contributed by atoms with Crippen molar-refractivity contribution in [2.75, 3.05) is 20.3 Å². The smallest absolute Gasteiger partial charge is 0.323 e. The highest BCUT2D eigenvalue weighted by Crippen LogP contribution is 2.18. The van der Waals surface area contributed by atoms with Crippen LogP contribution in [0.4, 0.5) is 0 Å². The molecule has 0 aliphatic carbocycles. The molecule has 2 atom stereocenters. The van der Waals surface area contributed by atoms with Gasteiger partial charge >= 0.3 is 5.97 Å². The van der Waals surface area contributed by atoms with E-state index in [2.05, 4.69) is 5.32 Å². The Morgan fingerprint density at radius 2 is 2.28 bits per heavy atom. The van der Waals surface area contributed by atoms with E-state index in [1.807, 2.05) is 30.3 Å². The molecule has 0 radical (unpaired) electrons. The van der Waals surface area contributed by atoms with Gasteiger partial charge in [-0.2, -0.15) is 0 Å². The molecule has 0 amide bonds. The highest BCUT2D eigenvalue weighted by atomic mass is 16.5. The lowest BCUT2D eigenvalue weighted by molar-refractivity contribution is -0.144. The molecule has 1 fully saturated rings. The lowest BCUT2D eigenvalue weighted by Gasteiger charge is -2.21. The summed E-state index contributed by atoms with van der Waals surface area (Å²) in [6.45, 7) is 2.02. The van der Waals surface area contributed by atoms with Crippen molar-refractivity contribution in [1.29, 1.82) is 0 Å². The predicted molar refractivity (Wildman–Crippen MR) is 68.0 cm³/mol. The Morgan fingerprint density at radius 3 is 2.89 bits per heavy atom. The summed E-state index contributed by atoms with van der Waals surface area (Å²) in [7, 11) is 1.43. The lowest BCUT2D eigenvalue weighted by Crippen LogP contribution is -2.43. The molecule has 2 unspecified atom stereocenters. The molecule has 1 heterocycles. The first-order valence-corrected chi connectivity index (χ1v) is 6.24. The third-order valence-corrected chi connectivity index (χ3v) is 3.26. The molecule has 0 spiro atoms. The average molecular weight is 249 g/mol. The number of esters is 1. The Kier molecular flexibility index (Phi) is 4.73. The standard InChI is InChI=1S/C14H19NO3/c1-17-14(16)13(12-7-8-18-10-12)15-9-11-5-3-2-4-6-11/h2-6,12-13,15H,7-10H2,1H3. The van der Waals surface area contributed by atoms with E-state index in [1.54, 1.807) is 0 Å². The summed E-state index contributed by atoms with van der Waals surface area (Å²) in [4.78, 5) is 11.8. The largest absolute Gasteiger partial charge is 0.468 e. The van der Waals surface area contributed by atoms with E-state index >= 15 is 0 Å². The van der Waals surface area contributed by atoms with Gasteiger partial charge in [0.25, 0.3) is 0 Å². The second-order valence-corrected chi connectivity index (χ2v) is 4.49. The van der Waals surface area contributed by atoms with E-state index in [0.29, 0.717) is 13.2 Å². The second kappa shape index (κ2) is 6.52. The number of nitrogens with one attached hydrogen (secondary N) is 1. The van der Waals surface area contributed by atoms with Crippen molar-refractivity contribution >= 4 is 5.97 Å². The van der Waals surface area contributed by atoms with Gasteiger partial charge < -0.3 is 9.47 Å². The summed E-state index contributed by atoms with van der Waals surface area (Å²) < 4.78 is 10.2. The minimum absolute atomic E-state index is 0.207. The molecule has 98 valence electrons. The first-order valence-electron chi connectivity index (χ1n) is 6.24. The van der Waals surface area contributed by atoms with Gasteiger partial charge in [0.2, 0.25) is 0 Å². The maximum absolute atomic E-state index is 11.8. The molecule has 1 saturated heterocycles. The van der Waals surface area contributed by atoms with E-state index in [0.717, 1.165) is 18.6 Å². The fourth-order valence-corrected chi connectivity index (χ4v) is 2.21. The number of hydrogen-bond donors (Lipinski definition) is 1.